The van der Waals surface area contributed by atoms with Crippen molar-refractivity contribution in [1.29, 1.82) is 0 Å². The summed E-state index contributed by atoms with van der Waals surface area (Å²) >= 11 is 0. The molecule has 1 unspecified atom stereocenters. The number of nitrogens with one attached hydrogen (secondary N) is 3. The number of hydrogen-bond donors (Lipinski definition) is 4. The molecule has 0 radical (unpaired) electrons. The molecule has 3 amide bonds. The van der Waals surface area contributed by atoms with Gasteiger partial charge in [0.15, 0.2) is 0 Å². The van der Waals surface area contributed by atoms with Gasteiger partial charge in [-0.3, -0.25) is 14.9 Å². The zero-order chi connectivity index (χ0) is 13.3. The first-order chi connectivity index (χ1) is 8.01. The second kappa shape index (κ2) is 8.51. The highest BCUT2D eigenvalue weighted by Gasteiger charge is 2.15. The van der Waals surface area contributed by atoms with E-state index in [1.54, 1.807) is 0 Å². The van der Waals surface area contributed by atoms with Gasteiger partial charge in [0.05, 0.1) is 0 Å². The topological polar surface area (TPSA) is 108 Å². The van der Waals surface area contributed by atoms with Crippen molar-refractivity contribution in [2.75, 3.05) is 13.6 Å². The number of urea groups is 1. The van der Waals surface area contributed by atoms with Crippen molar-refractivity contribution in [2.24, 2.45) is 0 Å². The number of rotatable bonds is 7. The van der Waals surface area contributed by atoms with Crippen LogP contribution in [0.5, 0.6) is 0 Å². The SMILES string of the molecule is CCCC(NCCC(=O)NC(=O)NC)C(=O)O. The Morgan fingerprint density at radius 1 is 1.29 bits per heavy atom. The van der Waals surface area contributed by atoms with Crippen molar-refractivity contribution < 1.29 is 19.5 Å². The Balaban J connectivity index is 3.84. The Bertz CT molecular complexity index is 281. The fourth-order valence-corrected chi connectivity index (χ4v) is 1.21. The number of hydrogen-bond acceptors (Lipinski definition) is 4. The van der Waals surface area contributed by atoms with Crippen LogP contribution >= 0.6 is 0 Å². The molecule has 7 nitrogen and oxygen atoms in total. The average Bonchev–Trinajstić information content (AvgIpc) is 2.27. The first-order valence-electron chi connectivity index (χ1n) is 5.49. The van der Waals surface area contributed by atoms with Gasteiger partial charge in [-0.25, -0.2) is 4.79 Å². The number of carboxylic acids is 1. The van der Waals surface area contributed by atoms with E-state index < -0.39 is 23.9 Å². The Morgan fingerprint density at radius 2 is 1.94 bits per heavy atom. The molecule has 0 spiro atoms. The summed E-state index contributed by atoms with van der Waals surface area (Å²) < 4.78 is 0. The molecule has 0 bridgehead atoms. The standard InChI is InChI=1S/C10H19N3O4/c1-3-4-7(9(15)16)12-6-5-8(14)13-10(17)11-2/h7,12H,3-6H2,1-2H3,(H,15,16)(H2,11,13,14,17). The van der Waals surface area contributed by atoms with E-state index in [-0.39, 0.29) is 13.0 Å². The van der Waals surface area contributed by atoms with Crippen LogP contribution in [0, 0.1) is 0 Å². The van der Waals surface area contributed by atoms with E-state index >= 15 is 0 Å². The highest BCUT2D eigenvalue weighted by atomic mass is 16.4. The van der Waals surface area contributed by atoms with Crippen LogP contribution in [-0.2, 0) is 9.59 Å². The summed E-state index contributed by atoms with van der Waals surface area (Å²) in [5.74, 6) is -1.38. The van der Waals surface area contributed by atoms with Gasteiger partial charge >= 0.3 is 12.0 Å². The third-order valence-electron chi connectivity index (χ3n) is 2.10. The molecule has 0 aliphatic rings. The largest absolute Gasteiger partial charge is 0.480 e. The van der Waals surface area contributed by atoms with Gasteiger partial charge in [-0.1, -0.05) is 13.3 Å². The molecule has 0 saturated carbocycles. The van der Waals surface area contributed by atoms with Crippen LogP contribution in [0.3, 0.4) is 0 Å². The first kappa shape index (κ1) is 15.4. The molecular weight excluding hydrogens is 226 g/mol. The zero-order valence-electron chi connectivity index (χ0n) is 10.1. The molecule has 0 heterocycles. The lowest BCUT2D eigenvalue weighted by Gasteiger charge is -2.12. The molecule has 0 aliphatic carbocycles. The highest BCUT2D eigenvalue weighted by Crippen LogP contribution is 1.96. The maximum Gasteiger partial charge on any atom is 0.321 e. The summed E-state index contributed by atoms with van der Waals surface area (Å²) in [7, 11) is 1.41. The molecule has 0 aromatic rings. The summed E-state index contributed by atoms with van der Waals surface area (Å²) in [5.41, 5.74) is 0. The fraction of sp³-hybridized carbons (Fsp3) is 0.700. The van der Waals surface area contributed by atoms with Crippen LogP contribution in [0.15, 0.2) is 0 Å². The lowest BCUT2D eigenvalue weighted by molar-refractivity contribution is -0.139. The number of carbonyl (C=O) groups excluding carboxylic acids is 2. The Kier molecular flexibility index (Phi) is 7.70. The molecule has 0 saturated heterocycles. The number of aliphatic carboxylic acids is 1. The van der Waals surface area contributed by atoms with Gasteiger partial charge in [0.25, 0.3) is 0 Å². The van der Waals surface area contributed by atoms with E-state index in [0.717, 1.165) is 6.42 Å². The second-order valence-electron chi connectivity index (χ2n) is 3.51. The lowest BCUT2D eigenvalue weighted by Crippen LogP contribution is -2.41. The number of carbonyl (C=O) groups is 3. The average molecular weight is 245 g/mol. The minimum absolute atomic E-state index is 0.0565. The predicted octanol–water partition coefficient (Wildman–Crippen LogP) is -0.325. The van der Waals surface area contributed by atoms with Crippen molar-refractivity contribution in [1.82, 2.24) is 16.0 Å². The molecule has 0 rings (SSSR count). The quantitative estimate of drug-likeness (QED) is 0.491. The summed E-state index contributed by atoms with van der Waals surface area (Å²) in [6, 6.07) is -1.22. The maximum absolute atomic E-state index is 11.2. The minimum Gasteiger partial charge on any atom is -0.480 e. The summed E-state index contributed by atoms with van der Waals surface area (Å²) in [4.78, 5) is 32.7. The fourth-order valence-electron chi connectivity index (χ4n) is 1.21. The predicted molar refractivity (Wildman–Crippen MR) is 61.5 cm³/mol. The third kappa shape index (κ3) is 7.29. The van der Waals surface area contributed by atoms with Gasteiger partial charge in [0, 0.05) is 20.0 Å². The van der Waals surface area contributed by atoms with E-state index in [4.69, 9.17) is 5.11 Å². The molecule has 0 fully saturated rings. The van der Waals surface area contributed by atoms with Crippen molar-refractivity contribution in [3.8, 4) is 0 Å². The molecule has 0 aromatic heterocycles. The highest BCUT2D eigenvalue weighted by molar-refractivity contribution is 5.94. The van der Waals surface area contributed by atoms with Gasteiger partial charge in [-0.15, -0.1) is 0 Å². The summed E-state index contributed by atoms with van der Waals surface area (Å²) in [6.07, 6.45) is 1.31. The molecule has 1 atom stereocenters. The van der Waals surface area contributed by atoms with E-state index in [2.05, 4.69) is 16.0 Å². The Hall–Kier alpha value is -1.63. The number of carboxylic acid groups (broad SMARTS) is 1. The zero-order valence-corrected chi connectivity index (χ0v) is 10.1. The third-order valence-corrected chi connectivity index (χ3v) is 2.10. The maximum atomic E-state index is 11.2. The molecule has 17 heavy (non-hydrogen) atoms. The lowest BCUT2D eigenvalue weighted by atomic mass is 10.1. The van der Waals surface area contributed by atoms with E-state index in [9.17, 15) is 14.4 Å². The van der Waals surface area contributed by atoms with Crippen LogP contribution in [0.1, 0.15) is 26.2 Å². The summed E-state index contributed by atoms with van der Waals surface area (Å²) in [6.45, 7) is 2.11. The van der Waals surface area contributed by atoms with Crippen molar-refractivity contribution >= 4 is 17.9 Å². The normalized spacial score (nSPS) is 11.6. The molecule has 98 valence electrons. The van der Waals surface area contributed by atoms with E-state index in [1.807, 2.05) is 6.92 Å². The van der Waals surface area contributed by atoms with Gasteiger partial charge in [0.2, 0.25) is 5.91 Å². The Labute approximate surface area is 100.0 Å². The summed E-state index contributed by atoms with van der Waals surface area (Å²) in [5, 5.41) is 15.9. The number of imide groups is 1. The van der Waals surface area contributed by atoms with Crippen molar-refractivity contribution in [3.05, 3.63) is 0 Å². The second-order valence-corrected chi connectivity index (χ2v) is 3.51. The molecule has 7 heteroatoms. The smallest absolute Gasteiger partial charge is 0.321 e. The molecule has 0 aliphatic heterocycles. The molecule has 0 aromatic carbocycles. The van der Waals surface area contributed by atoms with Crippen LogP contribution in [0.25, 0.3) is 0 Å². The monoisotopic (exact) mass is 245 g/mol. The minimum atomic E-state index is -0.932. The van der Waals surface area contributed by atoms with Crippen LogP contribution in [0.2, 0.25) is 0 Å². The molecule has 4 N–H and O–H groups in total. The van der Waals surface area contributed by atoms with E-state index in [0.29, 0.717) is 6.42 Å². The van der Waals surface area contributed by atoms with Crippen molar-refractivity contribution in [2.45, 2.75) is 32.2 Å². The molecular formula is C10H19N3O4. The van der Waals surface area contributed by atoms with Gasteiger partial charge < -0.3 is 15.7 Å². The van der Waals surface area contributed by atoms with Crippen molar-refractivity contribution in [3.63, 3.8) is 0 Å². The van der Waals surface area contributed by atoms with E-state index in [1.165, 1.54) is 7.05 Å². The number of amides is 3. The Morgan fingerprint density at radius 3 is 2.41 bits per heavy atom. The van der Waals surface area contributed by atoms with Crippen LogP contribution < -0.4 is 16.0 Å². The van der Waals surface area contributed by atoms with Gasteiger partial charge in [0.1, 0.15) is 6.04 Å². The van der Waals surface area contributed by atoms with Crippen LogP contribution in [0.4, 0.5) is 4.79 Å². The van der Waals surface area contributed by atoms with Crippen LogP contribution in [-0.4, -0.2) is 42.6 Å². The first-order valence-corrected chi connectivity index (χ1v) is 5.49. The van der Waals surface area contributed by atoms with Gasteiger partial charge in [-0.2, -0.15) is 0 Å². The van der Waals surface area contributed by atoms with Gasteiger partial charge in [-0.05, 0) is 6.42 Å².